The number of aryl methyl sites for hydroxylation is 1. The van der Waals surface area contributed by atoms with Crippen molar-refractivity contribution in [3.05, 3.63) is 42.2 Å². The smallest absolute Gasteiger partial charge is 0.236 e. The van der Waals surface area contributed by atoms with Gasteiger partial charge in [-0.25, -0.2) is 0 Å². The lowest BCUT2D eigenvalue weighted by molar-refractivity contribution is -0.130. The van der Waals surface area contributed by atoms with Crippen molar-refractivity contribution in [3.63, 3.8) is 0 Å². The van der Waals surface area contributed by atoms with Crippen LogP contribution >= 0.6 is 0 Å². The van der Waals surface area contributed by atoms with E-state index in [1.807, 2.05) is 48.3 Å². The summed E-state index contributed by atoms with van der Waals surface area (Å²) in [5.74, 6) is 1.51. The van der Waals surface area contributed by atoms with Crippen molar-refractivity contribution in [1.82, 2.24) is 20.0 Å². The second-order valence-corrected chi connectivity index (χ2v) is 6.23. The first-order valence-electron chi connectivity index (χ1n) is 8.44. The predicted molar refractivity (Wildman–Crippen MR) is 93.8 cm³/mol. The molecule has 1 N–H and O–H groups in total. The number of hydrogen-bond donors (Lipinski definition) is 1. The number of ether oxygens (including phenoxy) is 2. The van der Waals surface area contributed by atoms with Crippen LogP contribution in [0.1, 0.15) is 5.56 Å². The van der Waals surface area contributed by atoms with Gasteiger partial charge in [0, 0.05) is 19.8 Å². The molecular formula is C18H24N4O3. The highest BCUT2D eigenvalue weighted by Gasteiger charge is 2.23. The summed E-state index contributed by atoms with van der Waals surface area (Å²) in [6, 6.07) is 7.58. The molecule has 2 aromatic rings. The lowest BCUT2D eigenvalue weighted by atomic mass is 10.2. The normalized spacial score (nSPS) is 15.8. The van der Waals surface area contributed by atoms with E-state index in [1.54, 1.807) is 11.9 Å². The molecule has 0 radical (unpaired) electrons. The van der Waals surface area contributed by atoms with Crippen molar-refractivity contribution >= 4 is 5.91 Å². The largest absolute Gasteiger partial charge is 0.486 e. The van der Waals surface area contributed by atoms with Gasteiger partial charge < -0.3 is 19.7 Å². The Bertz CT molecular complexity index is 716. The van der Waals surface area contributed by atoms with Gasteiger partial charge in [0.2, 0.25) is 5.91 Å². The highest BCUT2D eigenvalue weighted by molar-refractivity contribution is 5.78. The fourth-order valence-corrected chi connectivity index (χ4v) is 2.67. The van der Waals surface area contributed by atoms with E-state index in [4.69, 9.17) is 9.47 Å². The van der Waals surface area contributed by atoms with Crippen LogP contribution in [0.25, 0.3) is 0 Å². The molecule has 1 aromatic carbocycles. The van der Waals surface area contributed by atoms with E-state index in [0.29, 0.717) is 26.2 Å². The molecule has 0 saturated carbocycles. The molecule has 2 heterocycles. The third-order valence-electron chi connectivity index (χ3n) is 4.03. The number of nitrogens with one attached hydrogen (secondary N) is 1. The quantitative estimate of drug-likeness (QED) is 0.761. The molecule has 3 rings (SSSR count). The molecule has 0 bridgehead atoms. The van der Waals surface area contributed by atoms with Crippen LogP contribution < -0.4 is 14.8 Å². The Balaban J connectivity index is 1.38. The Kier molecular flexibility index (Phi) is 5.55. The zero-order chi connectivity index (χ0) is 17.6. The highest BCUT2D eigenvalue weighted by Crippen LogP contribution is 2.30. The Morgan fingerprint density at radius 2 is 2.20 bits per heavy atom. The molecule has 0 aliphatic carbocycles. The molecular weight excluding hydrogens is 320 g/mol. The molecule has 1 atom stereocenters. The van der Waals surface area contributed by atoms with E-state index in [2.05, 4.69) is 10.4 Å². The predicted octanol–water partition coefficient (Wildman–Crippen LogP) is 1.08. The number of aromatic nitrogens is 2. The van der Waals surface area contributed by atoms with Gasteiger partial charge in [0.05, 0.1) is 25.8 Å². The van der Waals surface area contributed by atoms with E-state index >= 15 is 0 Å². The maximum absolute atomic E-state index is 12.2. The third kappa shape index (κ3) is 4.73. The number of amides is 1. The summed E-state index contributed by atoms with van der Waals surface area (Å²) in [6.45, 7) is 4.66. The van der Waals surface area contributed by atoms with Gasteiger partial charge in [-0.05, 0) is 24.6 Å². The van der Waals surface area contributed by atoms with Crippen LogP contribution in [0, 0.1) is 6.92 Å². The molecule has 1 aromatic heterocycles. The van der Waals surface area contributed by atoms with Crippen molar-refractivity contribution < 1.29 is 14.3 Å². The topological polar surface area (TPSA) is 68.6 Å². The Morgan fingerprint density at radius 1 is 1.40 bits per heavy atom. The Labute approximate surface area is 147 Å². The molecule has 1 amide bonds. The monoisotopic (exact) mass is 344 g/mol. The van der Waals surface area contributed by atoms with E-state index in [1.165, 1.54) is 0 Å². The zero-order valence-electron chi connectivity index (χ0n) is 14.6. The molecule has 0 saturated heterocycles. The third-order valence-corrected chi connectivity index (χ3v) is 4.03. The summed E-state index contributed by atoms with van der Waals surface area (Å²) in [7, 11) is 1.78. The number of carbonyl (C=O) groups excluding carboxylic acids is 1. The first kappa shape index (κ1) is 17.3. The number of nitrogens with zero attached hydrogens (tertiary/aromatic N) is 3. The average Bonchev–Trinajstić information content (AvgIpc) is 3.03. The van der Waals surface area contributed by atoms with Crippen molar-refractivity contribution in [3.8, 4) is 11.5 Å². The van der Waals surface area contributed by atoms with Crippen LogP contribution in [-0.2, 0) is 11.3 Å². The number of likely N-dealkylation sites (N-methyl/N-ethyl adjacent to an activating group) is 1. The van der Waals surface area contributed by atoms with Gasteiger partial charge in [-0.2, -0.15) is 5.10 Å². The molecule has 7 heteroatoms. The lowest BCUT2D eigenvalue weighted by Gasteiger charge is -2.29. The van der Waals surface area contributed by atoms with Crippen molar-refractivity contribution in [1.29, 1.82) is 0 Å². The SMILES string of the molecule is Cc1cnn(CCNCC(=O)N(C)C[C@H]2COc3ccccc3O2)c1. The highest BCUT2D eigenvalue weighted by atomic mass is 16.6. The first-order chi connectivity index (χ1) is 12.1. The molecule has 7 nitrogen and oxygen atoms in total. The molecule has 134 valence electrons. The second-order valence-electron chi connectivity index (χ2n) is 6.23. The van der Waals surface area contributed by atoms with Crippen LogP contribution in [0.5, 0.6) is 11.5 Å². The number of fused-ring (bicyclic) bond motifs is 1. The maximum atomic E-state index is 12.2. The zero-order valence-corrected chi connectivity index (χ0v) is 14.6. The summed E-state index contributed by atoms with van der Waals surface area (Å²) < 4.78 is 13.4. The summed E-state index contributed by atoms with van der Waals surface area (Å²) in [6.07, 6.45) is 3.65. The van der Waals surface area contributed by atoms with E-state index < -0.39 is 0 Å². The van der Waals surface area contributed by atoms with Crippen LogP contribution in [0.4, 0.5) is 0 Å². The minimum absolute atomic E-state index is 0.0269. The van der Waals surface area contributed by atoms with Gasteiger partial charge in [-0.15, -0.1) is 0 Å². The second kappa shape index (κ2) is 8.02. The number of rotatable bonds is 7. The van der Waals surface area contributed by atoms with Gasteiger partial charge in [-0.3, -0.25) is 9.48 Å². The van der Waals surface area contributed by atoms with Crippen molar-refractivity contribution in [2.75, 3.05) is 33.3 Å². The van der Waals surface area contributed by atoms with Crippen molar-refractivity contribution in [2.45, 2.75) is 19.6 Å². The fourth-order valence-electron chi connectivity index (χ4n) is 2.67. The molecule has 0 fully saturated rings. The molecule has 25 heavy (non-hydrogen) atoms. The number of benzene rings is 1. The number of hydrogen-bond acceptors (Lipinski definition) is 5. The van der Waals surface area contributed by atoms with E-state index in [0.717, 1.165) is 23.6 Å². The van der Waals surface area contributed by atoms with Crippen LogP contribution in [0.3, 0.4) is 0 Å². The first-order valence-corrected chi connectivity index (χ1v) is 8.44. The van der Waals surface area contributed by atoms with Gasteiger partial charge >= 0.3 is 0 Å². The number of carbonyl (C=O) groups is 1. The molecule has 1 aliphatic rings. The van der Waals surface area contributed by atoms with Crippen molar-refractivity contribution in [2.24, 2.45) is 0 Å². The van der Waals surface area contributed by atoms with E-state index in [-0.39, 0.29) is 12.0 Å². The standard InChI is InChI=1S/C18H24N4O3/c1-14-9-20-22(11-14)8-7-19-10-18(23)21(2)12-15-13-24-16-5-3-4-6-17(16)25-15/h3-6,9,11,15,19H,7-8,10,12-13H2,1-2H3/t15-/m0/s1. The lowest BCUT2D eigenvalue weighted by Crippen LogP contribution is -2.44. The average molecular weight is 344 g/mol. The van der Waals surface area contributed by atoms with Gasteiger partial charge in [0.25, 0.3) is 0 Å². The van der Waals surface area contributed by atoms with Gasteiger partial charge in [-0.1, -0.05) is 12.1 Å². The van der Waals surface area contributed by atoms with Gasteiger partial charge in [0.15, 0.2) is 17.6 Å². The molecule has 0 unspecified atom stereocenters. The van der Waals surface area contributed by atoms with Crippen LogP contribution in [0.2, 0.25) is 0 Å². The summed E-state index contributed by atoms with van der Waals surface area (Å²) in [5, 5.41) is 7.37. The summed E-state index contributed by atoms with van der Waals surface area (Å²) >= 11 is 0. The Hall–Kier alpha value is -2.54. The molecule has 0 spiro atoms. The van der Waals surface area contributed by atoms with Crippen LogP contribution in [0.15, 0.2) is 36.7 Å². The summed E-state index contributed by atoms with van der Waals surface area (Å²) in [4.78, 5) is 13.9. The molecule has 1 aliphatic heterocycles. The summed E-state index contributed by atoms with van der Waals surface area (Å²) in [5.41, 5.74) is 1.13. The minimum atomic E-state index is -0.157. The van der Waals surface area contributed by atoms with E-state index in [9.17, 15) is 4.79 Å². The number of para-hydroxylation sites is 2. The van der Waals surface area contributed by atoms with Crippen LogP contribution in [-0.4, -0.2) is 60.0 Å². The van der Waals surface area contributed by atoms with Gasteiger partial charge in [0.1, 0.15) is 6.61 Å². The fraction of sp³-hybridized carbons (Fsp3) is 0.444. The maximum Gasteiger partial charge on any atom is 0.236 e. The Morgan fingerprint density at radius 3 is 2.96 bits per heavy atom. The minimum Gasteiger partial charge on any atom is -0.486 e.